The van der Waals surface area contributed by atoms with Crippen LogP contribution >= 0.6 is 0 Å². The van der Waals surface area contributed by atoms with Gasteiger partial charge in [0.1, 0.15) is 0 Å². The Kier molecular flexibility index (Phi) is 4.10. The van der Waals surface area contributed by atoms with Gasteiger partial charge in [-0.2, -0.15) is 0 Å². The first kappa shape index (κ1) is 13.9. The summed E-state index contributed by atoms with van der Waals surface area (Å²) in [7, 11) is -1.16. The number of nitrogens with two attached hydrogens (primary N) is 1. The number of fused-ring (bicyclic) bond motifs is 1. The van der Waals surface area contributed by atoms with Gasteiger partial charge in [0, 0.05) is 23.1 Å². The second-order valence-corrected chi connectivity index (χ2v) is 6.30. The van der Waals surface area contributed by atoms with E-state index in [4.69, 9.17) is 15.2 Å². The highest BCUT2D eigenvalue weighted by Crippen LogP contribution is 2.32. The maximum absolute atomic E-state index is 12.5. The van der Waals surface area contributed by atoms with Crippen molar-refractivity contribution in [1.29, 1.82) is 0 Å². The van der Waals surface area contributed by atoms with Crippen molar-refractivity contribution in [2.24, 2.45) is 0 Å². The molecule has 1 unspecified atom stereocenters. The van der Waals surface area contributed by atoms with E-state index in [0.29, 0.717) is 36.2 Å². The average molecular weight is 303 g/mol. The van der Waals surface area contributed by atoms with Crippen molar-refractivity contribution in [3.05, 3.63) is 48.0 Å². The Hall–Kier alpha value is -2.01. The van der Waals surface area contributed by atoms with Crippen LogP contribution in [0.4, 0.5) is 5.69 Å². The van der Waals surface area contributed by atoms with E-state index in [1.165, 1.54) is 0 Å². The van der Waals surface area contributed by atoms with Crippen LogP contribution in [0.5, 0.6) is 11.5 Å². The molecule has 2 aromatic carbocycles. The molecule has 4 nitrogen and oxygen atoms in total. The van der Waals surface area contributed by atoms with E-state index >= 15 is 0 Å². The van der Waals surface area contributed by atoms with Gasteiger partial charge in [-0.15, -0.1) is 0 Å². The van der Waals surface area contributed by atoms with E-state index in [-0.39, 0.29) is 0 Å². The van der Waals surface area contributed by atoms with Crippen LogP contribution in [0, 0.1) is 0 Å². The first-order valence-corrected chi connectivity index (χ1v) is 8.17. The molecule has 0 bridgehead atoms. The van der Waals surface area contributed by atoms with Crippen LogP contribution in [-0.4, -0.2) is 17.4 Å². The van der Waals surface area contributed by atoms with Crippen LogP contribution in [0.25, 0.3) is 0 Å². The second kappa shape index (κ2) is 6.18. The van der Waals surface area contributed by atoms with Crippen LogP contribution in [0.1, 0.15) is 12.0 Å². The van der Waals surface area contributed by atoms with Gasteiger partial charge in [0.15, 0.2) is 11.5 Å². The number of anilines is 1. The Morgan fingerprint density at radius 2 is 1.81 bits per heavy atom. The molecule has 0 fully saturated rings. The van der Waals surface area contributed by atoms with E-state index in [9.17, 15) is 4.21 Å². The highest BCUT2D eigenvalue weighted by molar-refractivity contribution is 7.84. The molecule has 2 aromatic rings. The third-order valence-electron chi connectivity index (χ3n) is 3.32. The van der Waals surface area contributed by atoms with Gasteiger partial charge in [0.2, 0.25) is 0 Å². The lowest BCUT2D eigenvalue weighted by atomic mass is 10.2. The fraction of sp³-hybridized carbons (Fsp3) is 0.250. The Bertz CT molecular complexity index is 672. The smallest absolute Gasteiger partial charge is 0.162 e. The molecule has 0 saturated carbocycles. The van der Waals surface area contributed by atoms with E-state index < -0.39 is 10.8 Å². The van der Waals surface area contributed by atoms with Gasteiger partial charge in [-0.3, -0.25) is 4.21 Å². The molecule has 0 amide bonds. The summed E-state index contributed by atoms with van der Waals surface area (Å²) in [5.41, 5.74) is 7.46. The van der Waals surface area contributed by atoms with E-state index in [1.54, 1.807) is 6.07 Å². The monoisotopic (exact) mass is 303 g/mol. The Morgan fingerprint density at radius 3 is 2.62 bits per heavy atom. The molecule has 110 valence electrons. The number of hydrogen-bond donors (Lipinski definition) is 1. The van der Waals surface area contributed by atoms with Gasteiger partial charge in [-0.25, -0.2) is 0 Å². The second-order valence-electron chi connectivity index (χ2n) is 4.85. The predicted molar refractivity (Wildman–Crippen MR) is 83.0 cm³/mol. The SMILES string of the molecule is Nc1ccccc1CS(=O)c1ccc2c(c1)OCCCO2. The molecule has 0 radical (unpaired) electrons. The number of para-hydroxylation sites is 1. The summed E-state index contributed by atoms with van der Waals surface area (Å²) in [5.74, 6) is 1.78. The molecule has 21 heavy (non-hydrogen) atoms. The standard InChI is InChI=1S/C16H17NO3S/c17-14-5-2-1-4-12(14)11-21(18)13-6-7-15-16(10-13)20-9-3-8-19-15/h1-2,4-7,10H,3,8-9,11,17H2. The van der Waals surface area contributed by atoms with Crippen molar-refractivity contribution >= 4 is 16.5 Å². The third kappa shape index (κ3) is 3.19. The Balaban J connectivity index is 1.82. The molecule has 3 rings (SSSR count). The Labute approximate surface area is 126 Å². The van der Waals surface area contributed by atoms with Crippen LogP contribution in [-0.2, 0) is 16.6 Å². The molecule has 1 aliphatic heterocycles. The number of nitrogen functional groups attached to an aromatic ring is 1. The highest BCUT2D eigenvalue weighted by Gasteiger charge is 2.14. The normalized spacial score (nSPS) is 15.2. The minimum Gasteiger partial charge on any atom is -0.490 e. The molecule has 1 atom stereocenters. The molecule has 2 N–H and O–H groups in total. The van der Waals surface area contributed by atoms with Crippen molar-refractivity contribution in [3.8, 4) is 11.5 Å². The van der Waals surface area contributed by atoms with E-state index in [1.807, 2.05) is 36.4 Å². The fourth-order valence-electron chi connectivity index (χ4n) is 2.18. The zero-order chi connectivity index (χ0) is 14.7. The van der Waals surface area contributed by atoms with Crippen molar-refractivity contribution in [2.45, 2.75) is 17.1 Å². The maximum Gasteiger partial charge on any atom is 0.162 e. The molecule has 1 aliphatic rings. The van der Waals surface area contributed by atoms with Crippen molar-refractivity contribution < 1.29 is 13.7 Å². The van der Waals surface area contributed by atoms with Gasteiger partial charge in [0.25, 0.3) is 0 Å². The number of hydrogen-bond acceptors (Lipinski definition) is 4. The molecular formula is C16H17NO3S. The summed E-state index contributed by atoms with van der Waals surface area (Å²) in [6, 6.07) is 12.9. The summed E-state index contributed by atoms with van der Waals surface area (Å²) in [6.45, 7) is 1.27. The summed E-state index contributed by atoms with van der Waals surface area (Å²) in [4.78, 5) is 0.725. The van der Waals surface area contributed by atoms with Crippen molar-refractivity contribution in [2.75, 3.05) is 18.9 Å². The lowest BCUT2D eigenvalue weighted by Crippen LogP contribution is -2.01. The van der Waals surface area contributed by atoms with Gasteiger partial charge < -0.3 is 15.2 Å². The molecule has 0 spiro atoms. The summed E-state index contributed by atoms with van der Waals surface area (Å²) >= 11 is 0. The highest BCUT2D eigenvalue weighted by atomic mass is 32.2. The fourth-order valence-corrected chi connectivity index (χ4v) is 3.35. The molecule has 5 heteroatoms. The molecule has 0 saturated heterocycles. The lowest BCUT2D eigenvalue weighted by molar-refractivity contribution is 0.297. The van der Waals surface area contributed by atoms with Crippen LogP contribution in [0.2, 0.25) is 0 Å². The minimum absolute atomic E-state index is 0.395. The zero-order valence-electron chi connectivity index (χ0n) is 11.6. The zero-order valence-corrected chi connectivity index (χ0v) is 12.4. The maximum atomic E-state index is 12.5. The van der Waals surface area contributed by atoms with Crippen molar-refractivity contribution in [3.63, 3.8) is 0 Å². The van der Waals surface area contributed by atoms with Gasteiger partial charge >= 0.3 is 0 Å². The van der Waals surface area contributed by atoms with Crippen molar-refractivity contribution in [1.82, 2.24) is 0 Å². The topological polar surface area (TPSA) is 61.6 Å². The quantitative estimate of drug-likeness (QED) is 0.886. The molecule has 0 aliphatic carbocycles. The molecule has 1 heterocycles. The largest absolute Gasteiger partial charge is 0.490 e. The summed E-state index contributed by atoms with van der Waals surface area (Å²) in [5, 5.41) is 0. The summed E-state index contributed by atoms with van der Waals surface area (Å²) < 4.78 is 23.7. The number of ether oxygens (including phenoxy) is 2. The average Bonchev–Trinajstić information content (AvgIpc) is 2.74. The first-order valence-electron chi connectivity index (χ1n) is 6.85. The van der Waals surface area contributed by atoms with Crippen LogP contribution in [0.3, 0.4) is 0 Å². The van der Waals surface area contributed by atoms with Gasteiger partial charge in [0.05, 0.1) is 29.8 Å². The van der Waals surface area contributed by atoms with Gasteiger partial charge in [-0.05, 0) is 23.8 Å². The Morgan fingerprint density at radius 1 is 1.05 bits per heavy atom. The molecular weight excluding hydrogens is 286 g/mol. The summed E-state index contributed by atoms with van der Waals surface area (Å²) in [6.07, 6.45) is 0.855. The van der Waals surface area contributed by atoms with E-state index in [2.05, 4.69) is 0 Å². The van der Waals surface area contributed by atoms with Crippen LogP contribution < -0.4 is 15.2 Å². The minimum atomic E-state index is -1.16. The van der Waals surface area contributed by atoms with Crippen LogP contribution in [0.15, 0.2) is 47.4 Å². The molecule has 0 aromatic heterocycles. The number of benzene rings is 2. The lowest BCUT2D eigenvalue weighted by Gasteiger charge is -2.10. The third-order valence-corrected chi connectivity index (χ3v) is 4.68. The first-order chi connectivity index (χ1) is 10.2. The van der Waals surface area contributed by atoms with E-state index in [0.717, 1.165) is 16.9 Å². The van der Waals surface area contributed by atoms with Gasteiger partial charge in [-0.1, -0.05) is 18.2 Å². The number of rotatable bonds is 3. The predicted octanol–water partition coefficient (Wildman–Crippen LogP) is 2.74.